The van der Waals surface area contributed by atoms with E-state index in [0.717, 1.165) is 19.3 Å². The highest BCUT2D eigenvalue weighted by Gasteiger charge is 2.74. The first-order valence-electron chi connectivity index (χ1n) is 12.1. The first kappa shape index (κ1) is 22.5. The fourth-order valence-electron chi connectivity index (χ4n) is 7.29. The number of hydrazone groups is 1. The van der Waals surface area contributed by atoms with Crippen LogP contribution in [0.5, 0.6) is 0 Å². The first-order chi connectivity index (χ1) is 13.6. The standard InChI is InChI=1S/C25H42N2O2/c1-6-7-8-9-10-11-12-13-14-15-18-19-21(29)25(20(18)28)16-23(2,3)22(27(19)26)24(4,5)17-25/h18,22H,6-17H2,1-5H3,(H-,26,29)/p+1. The molecule has 2 aliphatic carbocycles. The molecule has 4 aliphatic rings. The lowest BCUT2D eigenvalue weighted by Gasteiger charge is -2.49. The normalized spacial score (nSPS) is 32.2. The molecule has 0 radical (unpaired) electrons. The van der Waals surface area contributed by atoms with Crippen molar-refractivity contribution in [2.24, 2.45) is 28.0 Å². The molecule has 0 aromatic rings. The average molecular weight is 404 g/mol. The van der Waals surface area contributed by atoms with Gasteiger partial charge in [-0.2, -0.15) is 0 Å². The Morgan fingerprint density at radius 1 is 0.862 bits per heavy atom. The summed E-state index contributed by atoms with van der Waals surface area (Å²) in [6.45, 7) is 11.0. The Morgan fingerprint density at radius 2 is 1.34 bits per heavy atom. The maximum atomic E-state index is 13.6. The van der Waals surface area contributed by atoms with Crippen LogP contribution >= 0.6 is 0 Å². The van der Waals surface area contributed by atoms with Gasteiger partial charge in [-0.3, -0.25) is 9.59 Å². The predicted molar refractivity (Wildman–Crippen MR) is 118 cm³/mol. The molecule has 2 aliphatic heterocycles. The van der Waals surface area contributed by atoms with Crippen LogP contribution in [0.3, 0.4) is 0 Å². The van der Waals surface area contributed by atoms with E-state index >= 15 is 0 Å². The fourth-order valence-corrected chi connectivity index (χ4v) is 7.29. The topological polar surface area (TPSA) is 63.2 Å². The van der Waals surface area contributed by atoms with E-state index in [1.54, 1.807) is 4.68 Å². The zero-order chi connectivity index (χ0) is 21.4. The number of carbonyl (C=O) groups excluding carboxylic acids is 2. The van der Waals surface area contributed by atoms with Crippen molar-refractivity contribution in [2.45, 2.75) is 118 Å². The van der Waals surface area contributed by atoms with Gasteiger partial charge in [0.05, 0.1) is 0 Å². The number of hydrogen-bond acceptors (Lipinski definition) is 3. The summed E-state index contributed by atoms with van der Waals surface area (Å²) in [5.41, 5.74) is -0.481. The molecule has 0 aromatic carbocycles. The summed E-state index contributed by atoms with van der Waals surface area (Å²) in [5, 5.41) is 0. The van der Waals surface area contributed by atoms with Crippen LogP contribution in [-0.4, -0.2) is 28.0 Å². The number of nitrogens with two attached hydrogens (primary N) is 1. The summed E-state index contributed by atoms with van der Waals surface area (Å²) in [4.78, 5) is 27.1. The minimum absolute atomic E-state index is 0.0482. The molecule has 29 heavy (non-hydrogen) atoms. The smallest absolute Gasteiger partial charge is 0.259 e. The first-order valence-corrected chi connectivity index (χ1v) is 12.1. The highest BCUT2D eigenvalue weighted by Crippen LogP contribution is 2.61. The van der Waals surface area contributed by atoms with Crippen LogP contribution in [0.4, 0.5) is 0 Å². The molecule has 2 saturated carbocycles. The highest BCUT2D eigenvalue weighted by molar-refractivity contribution is 6.53. The number of nitrogens with zero attached hydrogens (tertiary/aromatic N) is 1. The van der Waals surface area contributed by atoms with Crippen molar-refractivity contribution >= 4 is 17.3 Å². The van der Waals surface area contributed by atoms with Crippen LogP contribution in [0, 0.1) is 22.2 Å². The summed E-state index contributed by atoms with van der Waals surface area (Å²) in [5.74, 6) is 6.57. The quantitative estimate of drug-likeness (QED) is 0.235. The lowest BCUT2D eigenvalue weighted by atomic mass is 9.51. The van der Waals surface area contributed by atoms with Gasteiger partial charge in [-0.15, -0.1) is 4.68 Å². The molecule has 164 valence electrons. The molecule has 4 nitrogen and oxygen atoms in total. The van der Waals surface area contributed by atoms with Gasteiger partial charge in [-0.25, -0.2) is 5.84 Å². The molecular weight excluding hydrogens is 360 g/mol. The molecular formula is C25H43N2O2+. The van der Waals surface area contributed by atoms with Crippen molar-refractivity contribution in [3.05, 3.63) is 0 Å². The largest absolute Gasteiger partial charge is 0.298 e. The average Bonchev–Trinajstić information content (AvgIpc) is 2.71. The van der Waals surface area contributed by atoms with E-state index in [-0.39, 0.29) is 34.4 Å². The third-order valence-electron chi connectivity index (χ3n) is 7.93. The van der Waals surface area contributed by atoms with Crippen molar-refractivity contribution in [1.29, 1.82) is 0 Å². The Balaban J connectivity index is 1.65. The maximum absolute atomic E-state index is 13.6. The van der Waals surface area contributed by atoms with E-state index in [1.807, 2.05) is 0 Å². The molecule has 2 N–H and O–H groups in total. The predicted octanol–water partition coefficient (Wildman–Crippen LogP) is 5.22. The number of hydrogen-bond donors (Lipinski definition) is 1. The van der Waals surface area contributed by atoms with Gasteiger partial charge >= 0.3 is 0 Å². The van der Waals surface area contributed by atoms with Gasteiger partial charge < -0.3 is 0 Å². The maximum Gasteiger partial charge on any atom is 0.259 e. The summed E-state index contributed by atoms with van der Waals surface area (Å²) in [6, 6.07) is 0.100. The zero-order valence-corrected chi connectivity index (χ0v) is 19.5. The molecule has 4 rings (SSSR count). The van der Waals surface area contributed by atoms with Gasteiger partial charge in [0, 0.05) is 10.8 Å². The van der Waals surface area contributed by atoms with Crippen molar-refractivity contribution in [3.8, 4) is 0 Å². The van der Waals surface area contributed by atoms with Crippen molar-refractivity contribution in [3.63, 3.8) is 0 Å². The lowest BCUT2D eigenvalue weighted by Crippen LogP contribution is -2.60. The van der Waals surface area contributed by atoms with Crippen LogP contribution < -0.4 is 5.84 Å². The summed E-state index contributed by atoms with van der Waals surface area (Å²) in [7, 11) is 0. The number of carbonyl (C=O) groups is 2. The third-order valence-corrected chi connectivity index (χ3v) is 7.93. The second-order valence-electron chi connectivity index (χ2n) is 11.5. The van der Waals surface area contributed by atoms with Crippen LogP contribution in [0.25, 0.3) is 0 Å². The Bertz CT molecular complexity index is 671. The number of hydrazine groups is 1. The van der Waals surface area contributed by atoms with Gasteiger partial charge in [0.2, 0.25) is 5.78 Å². The monoisotopic (exact) mass is 403 g/mol. The fraction of sp³-hybridized carbons (Fsp3) is 0.880. The van der Waals surface area contributed by atoms with Gasteiger partial charge in [-0.05, 0) is 19.3 Å². The molecule has 1 atom stereocenters. The van der Waals surface area contributed by atoms with E-state index in [4.69, 9.17) is 5.84 Å². The SMILES string of the molecule is CCCCCCCCCCCC1C(=O)C23CC(C)(C)C([N+](N)=C1C2=O)C(C)(C)C3. The van der Waals surface area contributed by atoms with E-state index in [1.165, 1.54) is 44.9 Å². The summed E-state index contributed by atoms with van der Waals surface area (Å²) >= 11 is 0. The van der Waals surface area contributed by atoms with Crippen LogP contribution in [-0.2, 0) is 9.59 Å². The summed E-state index contributed by atoms with van der Waals surface area (Å²) in [6.07, 6.45) is 13.4. The van der Waals surface area contributed by atoms with Gasteiger partial charge in [0.1, 0.15) is 11.3 Å². The Labute approximate surface area is 177 Å². The van der Waals surface area contributed by atoms with Gasteiger partial charge in [0.15, 0.2) is 11.8 Å². The molecule has 0 amide bonds. The van der Waals surface area contributed by atoms with E-state index < -0.39 is 5.41 Å². The van der Waals surface area contributed by atoms with Crippen LogP contribution in [0.15, 0.2) is 0 Å². The molecule has 0 saturated heterocycles. The van der Waals surface area contributed by atoms with Gasteiger partial charge in [0.25, 0.3) is 5.71 Å². The zero-order valence-electron chi connectivity index (χ0n) is 19.5. The Hall–Kier alpha value is -1.19. The minimum Gasteiger partial charge on any atom is -0.298 e. The number of ketones is 2. The number of Topliss-reactive ketones (excluding diaryl/α,β-unsaturated/α-hetero) is 2. The molecule has 2 heterocycles. The molecule has 4 heteroatoms. The second-order valence-corrected chi connectivity index (χ2v) is 11.5. The van der Waals surface area contributed by atoms with Gasteiger partial charge in [-0.1, -0.05) is 92.4 Å². The van der Waals surface area contributed by atoms with Crippen LogP contribution in [0.2, 0.25) is 0 Å². The van der Waals surface area contributed by atoms with E-state index in [0.29, 0.717) is 18.6 Å². The molecule has 0 aromatic heterocycles. The minimum atomic E-state index is -0.823. The lowest BCUT2D eigenvalue weighted by molar-refractivity contribution is -0.613. The summed E-state index contributed by atoms with van der Waals surface area (Å²) < 4.78 is 1.75. The van der Waals surface area contributed by atoms with E-state index in [9.17, 15) is 9.59 Å². The molecule has 1 spiro atoms. The second kappa shape index (κ2) is 8.15. The van der Waals surface area contributed by atoms with Crippen LogP contribution in [0.1, 0.15) is 112 Å². The van der Waals surface area contributed by atoms with Crippen molar-refractivity contribution < 1.29 is 14.3 Å². The Kier molecular flexibility index (Phi) is 6.32. The van der Waals surface area contributed by atoms with Crippen molar-refractivity contribution in [1.82, 2.24) is 0 Å². The third kappa shape index (κ3) is 3.81. The molecule has 1 unspecified atom stereocenters. The number of unbranched alkanes of at least 4 members (excludes halogenated alkanes) is 8. The van der Waals surface area contributed by atoms with Crippen molar-refractivity contribution in [2.75, 3.05) is 0 Å². The van der Waals surface area contributed by atoms with E-state index in [2.05, 4.69) is 34.6 Å². The molecule has 3 bridgehead atoms. The molecule has 2 fully saturated rings. The Morgan fingerprint density at radius 3 is 1.86 bits per heavy atom. The highest BCUT2D eigenvalue weighted by atomic mass is 16.2. The number of rotatable bonds is 10. The number of fused-ring (bicyclic) bond motifs is 2.